The summed E-state index contributed by atoms with van der Waals surface area (Å²) in [6.07, 6.45) is 0. The number of hydrogen-bond acceptors (Lipinski definition) is 3. The van der Waals surface area contributed by atoms with E-state index in [1.165, 1.54) is 7.11 Å². The van der Waals surface area contributed by atoms with Crippen LogP contribution in [0.1, 0.15) is 11.3 Å². The number of esters is 1. The van der Waals surface area contributed by atoms with Gasteiger partial charge < -0.3 is 9.30 Å². The summed E-state index contributed by atoms with van der Waals surface area (Å²) in [4.78, 5) is 23.4. The van der Waals surface area contributed by atoms with Gasteiger partial charge in [-0.25, -0.2) is 0 Å². The van der Waals surface area contributed by atoms with Crippen LogP contribution in [0.4, 0.5) is 0 Å². The number of hydrogen-bond donors (Lipinski definition) is 0. The highest BCUT2D eigenvalue weighted by molar-refractivity contribution is 5.84. The van der Waals surface area contributed by atoms with E-state index in [-0.39, 0.29) is 17.9 Å². The SMILES string of the molecule is COC(=O)Cn1c(C)cc(=O)c2cccc(C)c21. The van der Waals surface area contributed by atoms with E-state index in [2.05, 4.69) is 0 Å². The molecular weight excluding hydrogens is 230 g/mol. The Balaban J connectivity index is 2.79. The Kier molecular flexibility index (Phi) is 3.19. The predicted molar refractivity (Wildman–Crippen MR) is 69.7 cm³/mol. The predicted octanol–water partition coefficient (Wildman–Crippen LogP) is 1.79. The molecule has 2 rings (SSSR count). The van der Waals surface area contributed by atoms with Gasteiger partial charge in [0.05, 0.1) is 12.6 Å². The number of ether oxygens (including phenoxy) is 1. The van der Waals surface area contributed by atoms with Gasteiger partial charge in [-0.15, -0.1) is 0 Å². The monoisotopic (exact) mass is 245 g/mol. The van der Waals surface area contributed by atoms with Crippen molar-refractivity contribution in [1.29, 1.82) is 0 Å². The van der Waals surface area contributed by atoms with Gasteiger partial charge in [0.1, 0.15) is 6.54 Å². The number of pyridine rings is 1. The lowest BCUT2D eigenvalue weighted by Gasteiger charge is -2.15. The number of benzene rings is 1. The molecule has 1 heterocycles. The molecule has 4 heteroatoms. The fourth-order valence-corrected chi connectivity index (χ4v) is 2.14. The first-order valence-electron chi connectivity index (χ1n) is 5.71. The van der Waals surface area contributed by atoms with Gasteiger partial charge in [-0.1, -0.05) is 12.1 Å². The third-order valence-electron chi connectivity index (χ3n) is 3.05. The average Bonchev–Trinajstić information content (AvgIpc) is 2.34. The molecule has 0 aliphatic rings. The zero-order valence-electron chi connectivity index (χ0n) is 10.7. The summed E-state index contributed by atoms with van der Waals surface area (Å²) in [7, 11) is 1.36. The number of aryl methyl sites for hydroxylation is 2. The quantitative estimate of drug-likeness (QED) is 0.758. The molecule has 1 aromatic carbocycles. The molecule has 0 fully saturated rings. The first-order valence-corrected chi connectivity index (χ1v) is 5.71. The number of fused-ring (bicyclic) bond motifs is 1. The summed E-state index contributed by atoms with van der Waals surface area (Å²) >= 11 is 0. The third-order valence-corrected chi connectivity index (χ3v) is 3.05. The Morgan fingerprint density at radius 1 is 1.33 bits per heavy atom. The summed E-state index contributed by atoms with van der Waals surface area (Å²) in [5.41, 5.74) is 2.50. The number of carbonyl (C=O) groups is 1. The van der Waals surface area contributed by atoms with Crippen molar-refractivity contribution in [3.63, 3.8) is 0 Å². The maximum Gasteiger partial charge on any atom is 0.325 e. The van der Waals surface area contributed by atoms with Gasteiger partial charge in [0.25, 0.3) is 0 Å². The van der Waals surface area contributed by atoms with Gasteiger partial charge in [0.15, 0.2) is 5.43 Å². The van der Waals surface area contributed by atoms with Crippen molar-refractivity contribution in [3.8, 4) is 0 Å². The molecule has 0 aliphatic carbocycles. The van der Waals surface area contributed by atoms with Crippen LogP contribution in [0.15, 0.2) is 29.1 Å². The van der Waals surface area contributed by atoms with E-state index in [9.17, 15) is 9.59 Å². The molecule has 0 N–H and O–H groups in total. The summed E-state index contributed by atoms with van der Waals surface area (Å²) in [5, 5.41) is 0.629. The number of para-hydroxylation sites is 1. The van der Waals surface area contributed by atoms with Gasteiger partial charge in [-0.05, 0) is 25.5 Å². The first kappa shape index (κ1) is 12.4. The molecule has 0 radical (unpaired) electrons. The Morgan fingerprint density at radius 3 is 2.72 bits per heavy atom. The van der Waals surface area contributed by atoms with Crippen molar-refractivity contribution in [2.45, 2.75) is 20.4 Å². The summed E-state index contributed by atoms with van der Waals surface area (Å²) < 4.78 is 6.51. The van der Waals surface area contributed by atoms with Crippen molar-refractivity contribution < 1.29 is 9.53 Å². The van der Waals surface area contributed by atoms with E-state index in [0.717, 1.165) is 16.8 Å². The Bertz CT molecular complexity index is 671. The molecule has 0 spiro atoms. The van der Waals surface area contributed by atoms with Crippen LogP contribution >= 0.6 is 0 Å². The minimum Gasteiger partial charge on any atom is -0.468 e. The number of rotatable bonds is 2. The molecule has 0 bridgehead atoms. The Hall–Kier alpha value is -2.10. The normalized spacial score (nSPS) is 10.6. The van der Waals surface area contributed by atoms with Gasteiger partial charge in [-0.2, -0.15) is 0 Å². The van der Waals surface area contributed by atoms with Crippen molar-refractivity contribution >= 4 is 16.9 Å². The zero-order chi connectivity index (χ0) is 13.3. The van der Waals surface area contributed by atoms with Crippen molar-refractivity contribution in [2.24, 2.45) is 0 Å². The fraction of sp³-hybridized carbons (Fsp3) is 0.286. The minimum absolute atomic E-state index is 0.0210. The molecule has 1 aromatic heterocycles. The molecule has 18 heavy (non-hydrogen) atoms. The Morgan fingerprint density at radius 2 is 2.06 bits per heavy atom. The summed E-state index contributed by atoms with van der Waals surface area (Å²) in [6.45, 7) is 3.86. The molecule has 0 amide bonds. The second-order valence-corrected chi connectivity index (χ2v) is 4.28. The largest absolute Gasteiger partial charge is 0.468 e. The van der Waals surface area contributed by atoms with Gasteiger partial charge in [0, 0.05) is 17.1 Å². The van der Waals surface area contributed by atoms with Crippen molar-refractivity contribution in [1.82, 2.24) is 4.57 Å². The molecule has 0 unspecified atom stereocenters. The van der Waals surface area contributed by atoms with Crippen LogP contribution in [0.3, 0.4) is 0 Å². The smallest absolute Gasteiger partial charge is 0.325 e. The third kappa shape index (κ3) is 2.01. The van der Waals surface area contributed by atoms with Gasteiger partial charge >= 0.3 is 5.97 Å². The van der Waals surface area contributed by atoms with Gasteiger partial charge in [0.2, 0.25) is 0 Å². The van der Waals surface area contributed by atoms with E-state index < -0.39 is 0 Å². The number of aromatic nitrogens is 1. The lowest BCUT2D eigenvalue weighted by atomic mass is 10.1. The highest BCUT2D eigenvalue weighted by atomic mass is 16.5. The molecule has 94 valence electrons. The molecule has 0 atom stereocenters. The molecular formula is C14H15NO3. The van der Waals surface area contributed by atoms with Crippen molar-refractivity contribution in [3.05, 3.63) is 45.7 Å². The topological polar surface area (TPSA) is 48.3 Å². The van der Waals surface area contributed by atoms with Gasteiger partial charge in [-0.3, -0.25) is 9.59 Å². The number of nitrogens with zero attached hydrogens (tertiary/aromatic N) is 1. The van der Waals surface area contributed by atoms with Crippen LogP contribution in [-0.4, -0.2) is 17.6 Å². The minimum atomic E-state index is -0.327. The van der Waals surface area contributed by atoms with E-state index in [1.807, 2.05) is 30.5 Å². The molecule has 0 aliphatic heterocycles. The summed E-state index contributed by atoms with van der Waals surface area (Å²) in [5.74, 6) is -0.327. The van der Waals surface area contributed by atoms with Crippen LogP contribution in [0.2, 0.25) is 0 Å². The van der Waals surface area contributed by atoms with Crippen LogP contribution < -0.4 is 5.43 Å². The van der Waals surface area contributed by atoms with E-state index in [1.54, 1.807) is 12.1 Å². The highest BCUT2D eigenvalue weighted by Crippen LogP contribution is 2.17. The standard InChI is InChI=1S/C14H15NO3/c1-9-5-4-6-11-12(16)7-10(2)15(14(9)11)8-13(17)18-3/h4-7H,8H2,1-3H3. The zero-order valence-corrected chi connectivity index (χ0v) is 10.7. The number of methoxy groups -OCH3 is 1. The maximum atomic E-state index is 11.9. The van der Waals surface area contributed by atoms with Crippen LogP contribution in [0.5, 0.6) is 0 Å². The second-order valence-electron chi connectivity index (χ2n) is 4.28. The van der Waals surface area contributed by atoms with Crippen LogP contribution in [0.25, 0.3) is 10.9 Å². The van der Waals surface area contributed by atoms with Crippen LogP contribution in [0, 0.1) is 13.8 Å². The maximum absolute atomic E-state index is 11.9. The lowest BCUT2D eigenvalue weighted by Crippen LogP contribution is -2.18. The van der Waals surface area contributed by atoms with Crippen molar-refractivity contribution in [2.75, 3.05) is 7.11 Å². The average molecular weight is 245 g/mol. The second kappa shape index (κ2) is 4.64. The fourth-order valence-electron chi connectivity index (χ4n) is 2.14. The molecule has 0 saturated heterocycles. The van der Waals surface area contributed by atoms with Crippen LogP contribution in [-0.2, 0) is 16.1 Å². The molecule has 4 nitrogen and oxygen atoms in total. The molecule has 2 aromatic rings. The van der Waals surface area contributed by atoms with E-state index >= 15 is 0 Å². The summed E-state index contributed by atoms with van der Waals surface area (Å²) in [6, 6.07) is 7.09. The highest BCUT2D eigenvalue weighted by Gasteiger charge is 2.11. The first-order chi connectivity index (χ1) is 8.54. The molecule has 0 saturated carbocycles. The Labute approximate surface area is 105 Å². The number of carbonyl (C=O) groups excluding carboxylic acids is 1. The van der Waals surface area contributed by atoms with E-state index in [0.29, 0.717) is 5.39 Å². The van der Waals surface area contributed by atoms with E-state index in [4.69, 9.17) is 4.74 Å². The lowest BCUT2D eigenvalue weighted by molar-refractivity contribution is -0.141.